The van der Waals surface area contributed by atoms with Crippen molar-refractivity contribution >= 4 is 40.6 Å². The highest BCUT2D eigenvalue weighted by molar-refractivity contribution is 8.19. The van der Waals surface area contributed by atoms with Gasteiger partial charge in [0.2, 0.25) is 0 Å². The molecule has 1 aliphatic rings. The lowest BCUT2D eigenvalue weighted by Crippen LogP contribution is -2.27. The second-order valence-corrected chi connectivity index (χ2v) is 7.33. The van der Waals surface area contributed by atoms with Gasteiger partial charge in [-0.05, 0) is 61.5 Å². The van der Waals surface area contributed by atoms with E-state index in [1.807, 2.05) is 6.92 Å². The van der Waals surface area contributed by atoms with Gasteiger partial charge in [-0.1, -0.05) is 25.1 Å². The Morgan fingerprint density at radius 2 is 1.83 bits per heavy atom. The number of carboxylic acid groups (broad SMARTS) is 1. The van der Waals surface area contributed by atoms with Gasteiger partial charge in [0.15, 0.2) is 6.10 Å². The standard InChI is InChI=1S/C22H21NO6S/c1-3-17(21(25)26)29-18-8-6-5-7-14(18)13-19-20(24)23(22(27)30-19)15-9-11-16(12-10-15)28-4-2/h5-13,17H,3-4H2,1-2H3,(H,25,26)/b19-13+. The molecule has 1 saturated heterocycles. The molecule has 1 N–H and O–H groups in total. The molecule has 0 spiro atoms. The number of thioether (sulfide) groups is 1. The van der Waals surface area contributed by atoms with Gasteiger partial charge in [0.25, 0.3) is 11.1 Å². The zero-order chi connectivity index (χ0) is 21.7. The lowest BCUT2D eigenvalue weighted by molar-refractivity contribution is -0.145. The van der Waals surface area contributed by atoms with Crippen LogP contribution in [0.3, 0.4) is 0 Å². The number of rotatable bonds is 8. The molecule has 2 aromatic carbocycles. The maximum atomic E-state index is 12.9. The molecule has 1 aliphatic heterocycles. The summed E-state index contributed by atoms with van der Waals surface area (Å²) in [6.07, 6.45) is 0.833. The highest BCUT2D eigenvalue weighted by atomic mass is 32.2. The monoisotopic (exact) mass is 427 g/mol. The van der Waals surface area contributed by atoms with Crippen LogP contribution in [0.2, 0.25) is 0 Å². The van der Waals surface area contributed by atoms with Gasteiger partial charge in [-0.25, -0.2) is 9.69 Å². The summed E-state index contributed by atoms with van der Waals surface area (Å²) in [5.41, 5.74) is 0.972. The molecule has 30 heavy (non-hydrogen) atoms. The Kier molecular flexibility index (Phi) is 6.79. The van der Waals surface area contributed by atoms with Crippen LogP contribution in [-0.4, -0.2) is 34.9 Å². The SMILES string of the molecule is CCOc1ccc(N2C(=O)S/C(=C/c3ccccc3OC(CC)C(=O)O)C2=O)cc1. The van der Waals surface area contributed by atoms with Crippen LogP contribution < -0.4 is 14.4 Å². The third-order valence-electron chi connectivity index (χ3n) is 4.32. The van der Waals surface area contributed by atoms with Gasteiger partial charge in [-0.3, -0.25) is 9.59 Å². The number of nitrogens with zero attached hydrogens (tertiary/aromatic N) is 1. The van der Waals surface area contributed by atoms with Crippen molar-refractivity contribution in [3.63, 3.8) is 0 Å². The summed E-state index contributed by atoms with van der Waals surface area (Å²) < 4.78 is 11.0. The number of aliphatic carboxylic acids is 1. The van der Waals surface area contributed by atoms with Crippen LogP contribution in [0.25, 0.3) is 6.08 Å². The van der Waals surface area contributed by atoms with E-state index in [1.165, 1.54) is 0 Å². The number of para-hydroxylation sites is 1. The second-order valence-electron chi connectivity index (χ2n) is 6.33. The first-order valence-corrected chi connectivity index (χ1v) is 10.3. The number of benzene rings is 2. The van der Waals surface area contributed by atoms with Crippen LogP contribution in [0.15, 0.2) is 53.4 Å². The predicted molar refractivity (Wildman–Crippen MR) is 115 cm³/mol. The molecule has 2 aromatic rings. The summed E-state index contributed by atoms with van der Waals surface area (Å²) in [7, 11) is 0. The Morgan fingerprint density at radius 3 is 2.47 bits per heavy atom. The van der Waals surface area contributed by atoms with E-state index in [9.17, 15) is 19.5 Å². The minimum absolute atomic E-state index is 0.230. The van der Waals surface area contributed by atoms with Crippen molar-refractivity contribution in [3.05, 3.63) is 59.0 Å². The normalized spacial score (nSPS) is 16.1. The zero-order valence-electron chi connectivity index (χ0n) is 16.5. The molecule has 1 atom stereocenters. The molecule has 0 bridgehead atoms. The van der Waals surface area contributed by atoms with E-state index in [1.54, 1.807) is 61.5 Å². The minimum Gasteiger partial charge on any atom is -0.494 e. The third kappa shape index (κ3) is 4.65. The molecule has 1 heterocycles. The summed E-state index contributed by atoms with van der Waals surface area (Å²) in [6, 6.07) is 13.5. The average molecular weight is 427 g/mol. The summed E-state index contributed by atoms with van der Waals surface area (Å²) in [6.45, 7) is 4.10. The molecule has 156 valence electrons. The summed E-state index contributed by atoms with van der Waals surface area (Å²) in [5.74, 6) is -0.532. The molecule has 1 unspecified atom stereocenters. The molecule has 1 fully saturated rings. The fourth-order valence-corrected chi connectivity index (χ4v) is 3.69. The smallest absolute Gasteiger partial charge is 0.344 e. The van der Waals surface area contributed by atoms with Gasteiger partial charge in [0.05, 0.1) is 17.2 Å². The number of carboxylic acids is 1. The van der Waals surface area contributed by atoms with Gasteiger partial charge in [-0.2, -0.15) is 0 Å². The first-order chi connectivity index (χ1) is 14.4. The molecule has 8 heteroatoms. The number of imide groups is 1. The number of anilines is 1. The van der Waals surface area contributed by atoms with Crippen molar-refractivity contribution in [2.75, 3.05) is 11.5 Å². The Balaban J connectivity index is 1.86. The van der Waals surface area contributed by atoms with Crippen molar-refractivity contribution < 1.29 is 29.0 Å². The molecular weight excluding hydrogens is 406 g/mol. The Morgan fingerprint density at radius 1 is 1.13 bits per heavy atom. The van der Waals surface area contributed by atoms with Crippen LogP contribution in [0.1, 0.15) is 25.8 Å². The molecule has 0 aliphatic carbocycles. The molecule has 2 amide bonds. The fourth-order valence-electron chi connectivity index (χ4n) is 2.86. The van der Waals surface area contributed by atoms with Gasteiger partial charge in [-0.15, -0.1) is 0 Å². The molecule has 0 saturated carbocycles. The third-order valence-corrected chi connectivity index (χ3v) is 5.19. The van der Waals surface area contributed by atoms with E-state index >= 15 is 0 Å². The topological polar surface area (TPSA) is 93.1 Å². The number of hydrogen-bond donors (Lipinski definition) is 1. The van der Waals surface area contributed by atoms with Gasteiger partial charge in [0, 0.05) is 5.56 Å². The van der Waals surface area contributed by atoms with Gasteiger partial charge in [0.1, 0.15) is 11.5 Å². The van der Waals surface area contributed by atoms with E-state index in [0.29, 0.717) is 29.4 Å². The van der Waals surface area contributed by atoms with E-state index in [-0.39, 0.29) is 11.3 Å². The van der Waals surface area contributed by atoms with Crippen molar-refractivity contribution in [1.82, 2.24) is 0 Å². The number of hydrogen-bond acceptors (Lipinski definition) is 6. The van der Waals surface area contributed by atoms with Crippen LogP contribution in [0, 0.1) is 0 Å². The van der Waals surface area contributed by atoms with E-state index in [4.69, 9.17) is 9.47 Å². The Hall–Kier alpha value is -3.26. The van der Waals surface area contributed by atoms with Crippen molar-refractivity contribution in [2.45, 2.75) is 26.4 Å². The first kappa shape index (κ1) is 21.4. The van der Waals surface area contributed by atoms with Crippen LogP contribution in [-0.2, 0) is 9.59 Å². The number of carbonyl (C=O) groups is 3. The number of amides is 2. The minimum atomic E-state index is -1.07. The van der Waals surface area contributed by atoms with E-state index in [0.717, 1.165) is 16.7 Å². The largest absolute Gasteiger partial charge is 0.494 e. The van der Waals surface area contributed by atoms with E-state index < -0.39 is 23.2 Å². The summed E-state index contributed by atoms with van der Waals surface area (Å²) in [5, 5.41) is 8.83. The maximum absolute atomic E-state index is 12.9. The van der Waals surface area contributed by atoms with E-state index in [2.05, 4.69) is 0 Å². The fraction of sp³-hybridized carbons (Fsp3) is 0.227. The molecule has 0 aromatic heterocycles. The van der Waals surface area contributed by atoms with Crippen LogP contribution >= 0.6 is 11.8 Å². The van der Waals surface area contributed by atoms with Crippen molar-refractivity contribution in [3.8, 4) is 11.5 Å². The number of ether oxygens (including phenoxy) is 2. The highest BCUT2D eigenvalue weighted by Crippen LogP contribution is 2.37. The molecule has 0 radical (unpaired) electrons. The van der Waals surface area contributed by atoms with Crippen LogP contribution in [0.4, 0.5) is 10.5 Å². The summed E-state index contributed by atoms with van der Waals surface area (Å²) >= 11 is 0.821. The van der Waals surface area contributed by atoms with Crippen LogP contribution in [0.5, 0.6) is 11.5 Å². The predicted octanol–water partition coefficient (Wildman–Crippen LogP) is 4.57. The second kappa shape index (κ2) is 9.49. The lowest BCUT2D eigenvalue weighted by Gasteiger charge is -2.15. The molecule has 3 rings (SSSR count). The summed E-state index contributed by atoms with van der Waals surface area (Å²) in [4.78, 5) is 38.0. The molecule has 7 nitrogen and oxygen atoms in total. The molecular formula is C22H21NO6S. The first-order valence-electron chi connectivity index (χ1n) is 9.43. The zero-order valence-corrected chi connectivity index (χ0v) is 17.3. The average Bonchev–Trinajstić information content (AvgIpc) is 3.01. The Labute approximate surface area is 178 Å². The van der Waals surface area contributed by atoms with Crippen molar-refractivity contribution in [2.24, 2.45) is 0 Å². The Bertz CT molecular complexity index is 985. The quantitative estimate of drug-likeness (QED) is 0.617. The highest BCUT2D eigenvalue weighted by Gasteiger charge is 2.36. The van der Waals surface area contributed by atoms with Gasteiger partial charge >= 0.3 is 5.97 Å². The number of carbonyl (C=O) groups excluding carboxylic acids is 2. The van der Waals surface area contributed by atoms with Gasteiger partial charge < -0.3 is 14.6 Å². The lowest BCUT2D eigenvalue weighted by atomic mass is 10.1. The van der Waals surface area contributed by atoms with Crippen molar-refractivity contribution in [1.29, 1.82) is 0 Å². The maximum Gasteiger partial charge on any atom is 0.344 e.